The number of amides is 1. The topological polar surface area (TPSA) is 66.4 Å². The highest BCUT2D eigenvalue weighted by Gasteiger charge is 2.16. The molecule has 0 saturated heterocycles. The number of carboxylic acids is 1. The zero-order valence-electron chi connectivity index (χ0n) is 9.34. The van der Waals surface area contributed by atoms with Gasteiger partial charge in [-0.25, -0.2) is 4.39 Å². The molecule has 1 rings (SSSR count). The van der Waals surface area contributed by atoms with Crippen LogP contribution in [0.5, 0.6) is 0 Å². The van der Waals surface area contributed by atoms with Crippen molar-refractivity contribution in [2.24, 2.45) is 5.92 Å². The molecule has 98 valence electrons. The number of carbonyl (C=O) groups excluding carboxylic acids is 1. The van der Waals surface area contributed by atoms with Crippen LogP contribution in [0.3, 0.4) is 0 Å². The maximum absolute atomic E-state index is 13.2. The quantitative estimate of drug-likeness (QED) is 0.839. The van der Waals surface area contributed by atoms with E-state index < -0.39 is 23.6 Å². The highest BCUT2D eigenvalue weighted by molar-refractivity contribution is 6.36. The summed E-state index contributed by atoms with van der Waals surface area (Å²) in [7, 11) is 0. The Balaban J connectivity index is 2.79. The summed E-state index contributed by atoms with van der Waals surface area (Å²) in [6, 6.07) is 2.03. The summed E-state index contributed by atoms with van der Waals surface area (Å²) in [4.78, 5) is 22.2. The predicted molar refractivity (Wildman–Crippen MR) is 65.6 cm³/mol. The number of nitrogens with one attached hydrogen (secondary N) is 1. The van der Waals surface area contributed by atoms with Crippen molar-refractivity contribution >= 4 is 35.1 Å². The maximum atomic E-state index is 13.2. The Bertz CT molecular complexity index is 493. The second-order valence-corrected chi connectivity index (χ2v) is 4.51. The third-order valence-corrected chi connectivity index (χ3v) is 2.85. The number of hydrogen-bond acceptors (Lipinski definition) is 2. The average Bonchev–Trinajstić information content (AvgIpc) is 2.30. The molecule has 1 amide bonds. The van der Waals surface area contributed by atoms with E-state index in [1.165, 1.54) is 6.92 Å². The Morgan fingerprint density at radius 3 is 2.56 bits per heavy atom. The molecule has 0 aromatic heterocycles. The molecular weight excluding hydrogens is 284 g/mol. The van der Waals surface area contributed by atoms with Crippen LogP contribution in [-0.2, 0) is 4.79 Å². The summed E-state index contributed by atoms with van der Waals surface area (Å²) in [5.74, 6) is -3.20. The molecule has 0 aliphatic carbocycles. The molecule has 7 heteroatoms. The van der Waals surface area contributed by atoms with Gasteiger partial charge in [-0.15, -0.1) is 0 Å². The standard InChI is InChI=1S/C11H10Cl2FNO3/c1-5(11(17)18)4-15-10(16)6-2-9(14)8(13)3-7(6)12/h2-3,5H,4H2,1H3,(H,15,16)(H,17,18). The fraction of sp³-hybridized carbons (Fsp3) is 0.273. The third kappa shape index (κ3) is 3.58. The fourth-order valence-electron chi connectivity index (χ4n) is 1.12. The van der Waals surface area contributed by atoms with Crippen LogP contribution in [0.4, 0.5) is 4.39 Å². The Labute approximate surface area is 113 Å². The van der Waals surface area contributed by atoms with Crippen molar-refractivity contribution < 1.29 is 19.1 Å². The van der Waals surface area contributed by atoms with Gasteiger partial charge in [-0.2, -0.15) is 0 Å². The molecule has 0 spiro atoms. The van der Waals surface area contributed by atoms with E-state index >= 15 is 0 Å². The summed E-state index contributed by atoms with van der Waals surface area (Å²) < 4.78 is 13.2. The van der Waals surface area contributed by atoms with E-state index in [9.17, 15) is 14.0 Å². The summed E-state index contributed by atoms with van der Waals surface area (Å²) in [5, 5.41) is 10.8. The lowest BCUT2D eigenvalue weighted by atomic mass is 10.1. The molecule has 2 N–H and O–H groups in total. The first-order valence-corrected chi connectivity index (χ1v) is 5.74. The molecule has 0 heterocycles. The smallest absolute Gasteiger partial charge is 0.308 e. The summed E-state index contributed by atoms with van der Waals surface area (Å²) in [6.07, 6.45) is 0. The zero-order valence-corrected chi connectivity index (χ0v) is 10.8. The minimum Gasteiger partial charge on any atom is -0.481 e. The molecule has 0 saturated carbocycles. The highest BCUT2D eigenvalue weighted by atomic mass is 35.5. The number of hydrogen-bond donors (Lipinski definition) is 2. The summed E-state index contributed by atoms with van der Waals surface area (Å²) in [6.45, 7) is 1.36. The first kappa shape index (κ1) is 14.7. The SMILES string of the molecule is CC(CNC(=O)c1cc(F)c(Cl)cc1Cl)C(=O)O. The summed E-state index contributed by atoms with van der Waals surface area (Å²) >= 11 is 11.2. The minimum atomic E-state index is -1.04. The van der Waals surface area contributed by atoms with Crippen LogP contribution in [0.25, 0.3) is 0 Å². The van der Waals surface area contributed by atoms with Gasteiger partial charge in [-0.1, -0.05) is 30.1 Å². The molecule has 1 atom stereocenters. The van der Waals surface area contributed by atoms with Crippen molar-refractivity contribution in [2.45, 2.75) is 6.92 Å². The molecule has 0 fully saturated rings. The molecule has 0 radical (unpaired) electrons. The number of carbonyl (C=O) groups is 2. The monoisotopic (exact) mass is 293 g/mol. The van der Waals surface area contributed by atoms with Gasteiger partial charge in [-0.3, -0.25) is 9.59 Å². The van der Waals surface area contributed by atoms with Crippen molar-refractivity contribution in [2.75, 3.05) is 6.54 Å². The largest absolute Gasteiger partial charge is 0.481 e. The second-order valence-electron chi connectivity index (χ2n) is 3.70. The number of carboxylic acid groups (broad SMARTS) is 1. The number of aliphatic carboxylic acids is 1. The molecule has 0 aliphatic rings. The summed E-state index contributed by atoms with van der Waals surface area (Å²) in [5.41, 5.74) is -0.0869. The first-order valence-electron chi connectivity index (χ1n) is 4.98. The van der Waals surface area contributed by atoms with Crippen molar-refractivity contribution in [1.29, 1.82) is 0 Å². The molecule has 1 unspecified atom stereocenters. The van der Waals surface area contributed by atoms with Gasteiger partial charge in [0.25, 0.3) is 5.91 Å². The number of halogens is 3. The third-order valence-electron chi connectivity index (χ3n) is 2.24. The van der Waals surface area contributed by atoms with Crippen LogP contribution < -0.4 is 5.32 Å². The molecule has 1 aromatic rings. The van der Waals surface area contributed by atoms with Crippen molar-refractivity contribution in [1.82, 2.24) is 5.32 Å². The van der Waals surface area contributed by atoms with Crippen LogP contribution in [0.15, 0.2) is 12.1 Å². The van der Waals surface area contributed by atoms with Gasteiger partial charge < -0.3 is 10.4 Å². The number of rotatable bonds is 4. The van der Waals surface area contributed by atoms with E-state index in [1.54, 1.807) is 0 Å². The Kier molecular flexibility index (Phi) is 4.93. The van der Waals surface area contributed by atoms with Crippen molar-refractivity contribution in [3.8, 4) is 0 Å². The van der Waals surface area contributed by atoms with Gasteiger partial charge in [0.1, 0.15) is 5.82 Å². The predicted octanol–water partition coefficient (Wildman–Crippen LogP) is 2.58. The lowest BCUT2D eigenvalue weighted by Gasteiger charge is -2.09. The minimum absolute atomic E-state index is 0.00174. The van der Waals surface area contributed by atoms with Crippen LogP contribution in [0.2, 0.25) is 10.0 Å². The Morgan fingerprint density at radius 2 is 2.00 bits per heavy atom. The Morgan fingerprint density at radius 1 is 1.39 bits per heavy atom. The first-order chi connectivity index (χ1) is 8.32. The lowest BCUT2D eigenvalue weighted by molar-refractivity contribution is -0.140. The van der Waals surface area contributed by atoms with E-state index in [4.69, 9.17) is 28.3 Å². The van der Waals surface area contributed by atoms with Gasteiger partial charge in [0, 0.05) is 6.54 Å². The van der Waals surface area contributed by atoms with E-state index in [1.807, 2.05) is 0 Å². The van der Waals surface area contributed by atoms with Gasteiger partial charge in [0.15, 0.2) is 0 Å². The van der Waals surface area contributed by atoms with Gasteiger partial charge in [-0.05, 0) is 12.1 Å². The van der Waals surface area contributed by atoms with Gasteiger partial charge in [0.2, 0.25) is 0 Å². The molecule has 4 nitrogen and oxygen atoms in total. The van der Waals surface area contributed by atoms with Crippen LogP contribution >= 0.6 is 23.2 Å². The van der Waals surface area contributed by atoms with Crippen molar-refractivity contribution in [3.63, 3.8) is 0 Å². The van der Waals surface area contributed by atoms with E-state index in [0.29, 0.717) is 0 Å². The molecule has 18 heavy (non-hydrogen) atoms. The van der Waals surface area contributed by atoms with Gasteiger partial charge >= 0.3 is 5.97 Å². The Hall–Kier alpha value is -1.33. The molecule has 1 aromatic carbocycles. The number of benzene rings is 1. The van der Waals surface area contributed by atoms with Crippen LogP contribution in [0.1, 0.15) is 17.3 Å². The average molecular weight is 294 g/mol. The fourth-order valence-corrected chi connectivity index (χ4v) is 1.59. The molecule has 0 aliphatic heterocycles. The van der Waals surface area contributed by atoms with E-state index in [-0.39, 0.29) is 22.2 Å². The normalized spacial score (nSPS) is 12.0. The van der Waals surface area contributed by atoms with Crippen LogP contribution in [-0.4, -0.2) is 23.5 Å². The molecular formula is C11H10Cl2FNO3. The van der Waals surface area contributed by atoms with Crippen molar-refractivity contribution in [3.05, 3.63) is 33.6 Å². The van der Waals surface area contributed by atoms with Crippen LogP contribution in [0, 0.1) is 11.7 Å². The lowest BCUT2D eigenvalue weighted by Crippen LogP contribution is -2.31. The highest BCUT2D eigenvalue weighted by Crippen LogP contribution is 2.24. The second kappa shape index (κ2) is 6.02. The van der Waals surface area contributed by atoms with Gasteiger partial charge in [0.05, 0.1) is 21.5 Å². The molecule has 0 bridgehead atoms. The van der Waals surface area contributed by atoms with E-state index in [0.717, 1.165) is 12.1 Å². The zero-order chi connectivity index (χ0) is 13.9. The maximum Gasteiger partial charge on any atom is 0.308 e. The van der Waals surface area contributed by atoms with E-state index in [2.05, 4.69) is 5.32 Å².